The van der Waals surface area contributed by atoms with Gasteiger partial charge < -0.3 is 16.0 Å². The first-order valence-electron chi connectivity index (χ1n) is 27.7. The van der Waals surface area contributed by atoms with Crippen molar-refractivity contribution in [2.45, 2.75) is 57.8 Å². The van der Waals surface area contributed by atoms with Crippen molar-refractivity contribution in [3.8, 4) is 33.4 Å². The first-order chi connectivity index (χ1) is 39.1. The van der Waals surface area contributed by atoms with Crippen LogP contribution in [0.3, 0.4) is 0 Å². The van der Waals surface area contributed by atoms with Crippen LogP contribution in [0.2, 0.25) is 10.0 Å². The predicted octanol–water partition coefficient (Wildman–Crippen LogP) is 22.2. The smallest absolute Gasteiger partial charge is 0.0640 e. The van der Waals surface area contributed by atoms with Crippen molar-refractivity contribution in [3.63, 3.8) is 0 Å². The third kappa shape index (κ3) is 8.87. The molecule has 16 rings (SSSR count). The minimum Gasteiger partial charge on any atom is -0.398 e. The van der Waals surface area contributed by atoms with Gasteiger partial charge in [-0.15, -0.1) is 0 Å². The van der Waals surface area contributed by atoms with Gasteiger partial charge in [-0.25, -0.2) is 0 Å². The third-order valence-corrected chi connectivity index (χ3v) is 18.5. The standard InChI is InChI=1S/C25H20ClN.C25H19N.C19H15Br.C6H6ClN/c1-25(2)20-14-11-16-7-3-4-8-18(16)24(20)19-13-12-17(15-21(19)25)27-23-10-6-5-9-22(23)26;1-25(2)20-12-11-15-7-3-4-8-16(15)24(20)19-13-18-17-9-5-6-10-22(17)26-23(18)14-21(19)25;1-19(2)16-10-7-12-5-3-4-6-14(12)18(16)15-9-8-13(20)11-17(15)19;7-5-3-1-2-4-6(5)8/h3-15,27H,1-2H3;3-14,26H,1-2H3;3-11H,1-2H3;1-4H,8H2. The van der Waals surface area contributed by atoms with Crippen molar-refractivity contribution >= 4 is 110 Å². The molecule has 0 bridgehead atoms. The highest BCUT2D eigenvalue weighted by molar-refractivity contribution is 9.10. The van der Waals surface area contributed by atoms with Gasteiger partial charge in [-0.05, 0) is 166 Å². The molecule has 0 spiro atoms. The average Bonchev–Trinajstić information content (AvgIpc) is 4.24. The molecular weight excluding hydrogens is 1090 g/mol. The topological polar surface area (TPSA) is 53.8 Å². The van der Waals surface area contributed by atoms with E-state index in [-0.39, 0.29) is 16.2 Å². The monoisotopic (exact) mass is 1150 g/mol. The molecule has 0 saturated heterocycles. The lowest BCUT2D eigenvalue weighted by Gasteiger charge is -2.22. The van der Waals surface area contributed by atoms with E-state index in [1.165, 1.54) is 121 Å². The summed E-state index contributed by atoms with van der Waals surface area (Å²) in [5, 5.41) is 15.4. The lowest BCUT2D eigenvalue weighted by molar-refractivity contribution is 0.660. The van der Waals surface area contributed by atoms with Crippen LogP contribution in [0.1, 0.15) is 74.9 Å². The maximum Gasteiger partial charge on any atom is 0.0640 e. The summed E-state index contributed by atoms with van der Waals surface area (Å²) >= 11 is 15.5. The van der Waals surface area contributed by atoms with Crippen molar-refractivity contribution in [1.82, 2.24) is 4.98 Å². The van der Waals surface area contributed by atoms with Gasteiger partial charge in [-0.2, -0.15) is 0 Å². The average molecular weight is 1150 g/mol. The molecule has 4 N–H and O–H groups in total. The molecule has 0 saturated carbocycles. The molecule has 12 aromatic carbocycles. The van der Waals surface area contributed by atoms with Gasteiger partial charge in [0.05, 0.1) is 21.4 Å². The largest absolute Gasteiger partial charge is 0.398 e. The summed E-state index contributed by atoms with van der Waals surface area (Å²) in [6.07, 6.45) is 0. The zero-order chi connectivity index (χ0) is 56.0. The fourth-order valence-corrected chi connectivity index (χ4v) is 13.8. The minimum atomic E-state index is -0.0349. The van der Waals surface area contributed by atoms with E-state index in [1.807, 2.05) is 36.4 Å². The SMILES string of the molecule is CC1(C)c2cc(Br)ccc2-c2c1ccc1ccccc21.CC1(C)c2cc(Nc3ccccc3Cl)ccc2-c2c1ccc1ccccc21.CC1(C)c2cc3[nH]c4ccccc4c3cc2-c2c1ccc1ccccc21.Nc1ccccc1Cl. The Morgan fingerprint density at radius 1 is 0.370 bits per heavy atom. The maximum absolute atomic E-state index is 6.32. The molecule has 81 heavy (non-hydrogen) atoms. The highest BCUT2D eigenvalue weighted by atomic mass is 79.9. The van der Waals surface area contributed by atoms with E-state index in [1.54, 1.807) is 12.1 Å². The molecule has 3 aliphatic rings. The molecule has 0 aliphatic heterocycles. The molecule has 3 aliphatic carbocycles. The van der Waals surface area contributed by atoms with E-state index >= 15 is 0 Å². The molecule has 0 fully saturated rings. The van der Waals surface area contributed by atoms with E-state index in [9.17, 15) is 0 Å². The number of para-hydroxylation sites is 3. The highest BCUT2D eigenvalue weighted by Gasteiger charge is 2.39. The first-order valence-corrected chi connectivity index (χ1v) is 29.2. The van der Waals surface area contributed by atoms with Gasteiger partial charge in [0.15, 0.2) is 0 Å². The van der Waals surface area contributed by atoms with E-state index in [0.717, 1.165) is 20.9 Å². The number of anilines is 3. The Kier molecular flexibility index (Phi) is 13.0. The molecule has 1 heterocycles. The first kappa shape index (κ1) is 52.3. The third-order valence-electron chi connectivity index (χ3n) is 17.3. The fraction of sp³-hybridized carbons (Fsp3) is 0.120. The van der Waals surface area contributed by atoms with Crippen LogP contribution in [0.25, 0.3) is 87.5 Å². The van der Waals surface area contributed by atoms with Crippen molar-refractivity contribution in [2.24, 2.45) is 0 Å². The lowest BCUT2D eigenvalue weighted by Crippen LogP contribution is -2.15. The fourth-order valence-electron chi connectivity index (χ4n) is 13.1. The number of nitrogen functional groups attached to an aromatic ring is 1. The summed E-state index contributed by atoms with van der Waals surface area (Å²) in [6.45, 7) is 14.0. The van der Waals surface area contributed by atoms with Crippen LogP contribution in [0.15, 0.2) is 235 Å². The number of rotatable bonds is 2. The van der Waals surface area contributed by atoms with Gasteiger partial charge in [0.25, 0.3) is 0 Å². The lowest BCUT2D eigenvalue weighted by atomic mass is 9.82. The van der Waals surface area contributed by atoms with Crippen molar-refractivity contribution in [3.05, 3.63) is 278 Å². The van der Waals surface area contributed by atoms with E-state index < -0.39 is 0 Å². The zero-order valence-electron chi connectivity index (χ0n) is 46.2. The Labute approximate surface area is 492 Å². The molecule has 0 atom stereocenters. The molecule has 1 aromatic heterocycles. The van der Waals surface area contributed by atoms with Crippen LogP contribution in [-0.2, 0) is 16.2 Å². The number of hydrogen-bond donors (Lipinski definition) is 3. The highest BCUT2D eigenvalue weighted by Crippen LogP contribution is 2.55. The number of H-pyrrole nitrogens is 1. The van der Waals surface area contributed by atoms with Gasteiger partial charge in [0, 0.05) is 48.2 Å². The van der Waals surface area contributed by atoms with E-state index in [0.29, 0.717) is 10.7 Å². The number of fused-ring (bicyclic) bond motifs is 18. The summed E-state index contributed by atoms with van der Waals surface area (Å²) in [5.41, 5.74) is 27.2. The Morgan fingerprint density at radius 2 is 0.815 bits per heavy atom. The van der Waals surface area contributed by atoms with Crippen LogP contribution in [-0.4, -0.2) is 4.98 Å². The predicted molar refractivity (Wildman–Crippen MR) is 352 cm³/mol. The summed E-state index contributed by atoms with van der Waals surface area (Å²) in [7, 11) is 0. The second-order valence-electron chi connectivity index (χ2n) is 23.2. The normalized spacial score (nSPS) is 14.1. The molecule has 0 amide bonds. The van der Waals surface area contributed by atoms with Crippen molar-refractivity contribution in [2.75, 3.05) is 11.1 Å². The second-order valence-corrected chi connectivity index (χ2v) is 24.9. The molecule has 0 unspecified atom stereocenters. The second kappa shape index (κ2) is 20.1. The van der Waals surface area contributed by atoms with E-state index in [2.05, 4.69) is 250 Å². The summed E-state index contributed by atoms with van der Waals surface area (Å²) < 4.78 is 1.15. The van der Waals surface area contributed by atoms with Gasteiger partial charge in [-0.1, -0.05) is 244 Å². The number of benzene rings is 12. The summed E-state index contributed by atoms with van der Waals surface area (Å²) in [6, 6.07) is 81.5. The van der Waals surface area contributed by atoms with Crippen molar-refractivity contribution in [1.29, 1.82) is 0 Å². The molecule has 13 aromatic rings. The summed E-state index contributed by atoms with van der Waals surface area (Å²) in [4.78, 5) is 3.61. The van der Waals surface area contributed by atoms with Crippen LogP contribution in [0.4, 0.5) is 17.1 Å². The summed E-state index contributed by atoms with van der Waals surface area (Å²) in [5.74, 6) is 0. The Balaban J connectivity index is 0.000000108. The number of halogens is 3. The minimum absolute atomic E-state index is 0.0141. The van der Waals surface area contributed by atoms with Crippen LogP contribution < -0.4 is 11.1 Å². The maximum atomic E-state index is 6.32. The van der Waals surface area contributed by atoms with E-state index in [4.69, 9.17) is 28.9 Å². The van der Waals surface area contributed by atoms with Crippen molar-refractivity contribution < 1.29 is 0 Å². The molecule has 6 heteroatoms. The molecule has 3 nitrogen and oxygen atoms in total. The van der Waals surface area contributed by atoms with Crippen LogP contribution in [0, 0.1) is 0 Å². The van der Waals surface area contributed by atoms with Gasteiger partial charge >= 0.3 is 0 Å². The Hall–Kier alpha value is -8.12. The molecular formula is C75H60BrCl2N3. The zero-order valence-corrected chi connectivity index (χ0v) is 49.2. The quantitative estimate of drug-likeness (QED) is 0.151. The number of nitrogens with two attached hydrogens (primary N) is 1. The number of aromatic amines is 1. The van der Waals surface area contributed by atoms with Gasteiger partial charge in [0.1, 0.15) is 0 Å². The number of aromatic nitrogens is 1. The molecule has 396 valence electrons. The van der Waals surface area contributed by atoms with Crippen LogP contribution >= 0.6 is 39.1 Å². The van der Waals surface area contributed by atoms with Crippen LogP contribution in [0.5, 0.6) is 0 Å². The van der Waals surface area contributed by atoms with Gasteiger partial charge in [0.2, 0.25) is 0 Å². The number of nitrogens with one attached hydrogen (secondary N) is 2. The number of hydrogen-bond acceptors (Lipinski definition) is 2. The van der Waals surface area contributed by atoms with Gasteiger partial charge in [-0.3, -0.25) is 0 Å². The Morgan fingerprint density at radius 3 is 1.35 bits per heavy atom. The molecule has 0 radical (unpaired) electrons. The Bertz CT molecular complexity index is 4640.